The van der Waals surface area contributed by atoms with Crippen molar-refractivity contribution in [3.63, 3.8) is 0 Å². The van der Waals surface area contributed by atoms with Gasteiger partial charge >= 0.3 is 0 Å². The van der Waals surface area contributed by atoms with Crippen LogP contribution >= 0.6 is 0 Å². The van der Waals surface area contributed by atoms with E-state index in [0.717, 1.165) is 38.1 Å². The Balaban J connectivity index is 1.96. The number of hydrogen-bond donors (Lipinski definition) is 1. The zero-order valence-electron chi connectivity index (χ0n) is 11.8. The lowest BCUT2D eigenvalue weighted by Gasteiger charge is -2.34. The molecule has 0 radical (unpaired) electrons. The largest absolute Gasteiger partial charge is 0.349 e. The predicted octanol–water partition coefficient (Wildman–Crippen LogP) is 2.57. The summed E-state index contributed by atoms with van der Waals surface area (Å²) in [6, 6.07) is 3.91. The Kier molecular flexibility index (Phi) is 4.70. The number of rotatable bonds is 3. The van der Waals surface area contributed by atoms with Gasteiger partial charge in [-0.15, -0.1) is 0 Å². The number of piperidine rings is 1. The second kappa shape index (κ2) is 6.31. The number of amides is 1. The summed E-state index contributed by atoms with van der Waals surface area (Å²) in [6.07, 6.45) is 1.61. The smallest absolute Gasteiger partial charge is 0.257 e. The maximum absolute atomic E-state index is 13.5. The molecule has 1 fully saturated rings. The van der Waals surface area contributed by atoms with Gasteiger partial charge in [0.1, 0.15) is 17.2 Å². The van der Waals surface area contributed by atoms with E-state index in [1.807, 2.05) is 0 Å². The molecule has 2 rings (SSSR count). The predicted molar refractivity (Wildman–Crippen MR) is 73.6 cm³/mol. The van der Waals surface area contributed by atoms with Gasteiger partial charge in [-0.3, -0.25) is 4.79 Å². The van der Waals surface area contributed by atoms with Crippen molar-refractivity contribution in [2.75, 3.05) is 13.1 Å². The van der Waals surface area contributed by atoms with E-state index in [9.17, 15) is 13.6 Å². The number of nitrogens with zero attached hydrogens (tertiary/aromatic N) is 1. The zero-order chi connectivity index (χ0) is 14.7. The quantitative estimate of drug-likeness (QED) is 0.924. The summed E-state index contributed by atoms with van der Waals surface area (Å²) >= 11 is 0. The normalized spacial score (nSPS) is 17.4. The third-order valence-corrected chi connectivity index (χ3v) is 3.78. The minimum absolute atomic E-state index is 0.0171. The van der Waals surface area contributed by atoms with Crippen molar-refractivity contribution in [3.8, 4) is 0 Å². The van der Waals surface area contributed by atoms with E-state index in [2.05, 4.69) is 24.1 Å². The monoisotopic (exact) mass is 282 g/mol. The van der Waals surface area contributed by atoms with Crippen LogP contribution in [0.4, 0.5) is 8.78 Å². The molecule has 1 saturated heterocycles. The lowest BCUT2D eigenvalue weighted by Crippen LogP contribution is -2.46. The second-order valence-electron chi connectivity index (χ2n) is 5.47. The van der Waals surface area contributed by atoms with Gasteiger partial charge < -0.3 is 10.2 Å². The molecule has 1 aliphatic heterocycles. The van der Waals surface area contributed by atoms with Crippen molar-refractivity contribution in [2.45, 2.75) is 38.8 Å². The molecule has 1 N–H and O–H groups in total. The summed E-state index contributed by atoms with van der Waals surface area (Å²) in [5, 5.41) is 2.73. The molecule has 1 aromatic rings. The number of hydrogen-bond acceptors (Lipinski definition) is 2. The Hall–Kier alpha value is -1.49. The van der Waals surface area contributed by atoms with Crippen molar-refractivity contribution < 1.29 is 13.6 Å². The molecule has 0 bridgehead atoms. The van der Waals surface area contributed by atoms with Crippen LogP contribution in [-0.4, -0.2) is 36.0 Å². The van der Waals surface area contributed by atoms with Crippen LogP contribution in [-0.2, 0) is 0 Å². The number of likely N-dealkylation sites (tertiary alicyclic amines) is 1. The minimum atomic E-state index is -0.817. The highest BCUT2D eigenvalue weighted by Crippen LogP contribution is 2.16. The number of nitrogens with one attached hydrogen (secondary N) is 1. The number of halogens is 2. The van der Waals surface area contributed by atoms with Crippen LogP contribution in [0.25, 0.3) is 0 Å². The van der Waals surface area contributed by atoms with E-state index >= 15 is 0 Å². The topological polar surface area (TPSA) is 32.3 Å². The highest BCUT2D eigenvalue weighted by Gasteiger charge is 2.24. The molecule has 110 valence electrons. The molecule has 0 spiro atoms. The molecule has 1 aromatic carbocycles. The average molecular weight is 282 g/mol. The SMILES string of the molecule is CC(C)N1CCC(NC(=O)c2c(F)cccc2F)CC1. The first-order chi connectivity index (χ1) is 9.49. The van der Waals surface area contributed by atoms with Gasteiger partial charge in [-0.25, -0.2) is 8.78 Å². The molecule has 0 aliphatic carbocycles. The van der Waals surface area contributed by atoms with Gasteiger partial charge in [0.15, 0.2) is 0 Å². The van der Waals surface area contributed by atoms with Crippen LogP contribution in [0, 0.1) is 11.6 Å². The molecule has 1 heterocycles. The summed E-state index contributed by atoms with van der Waals surface area (Å²) in [5.41, 5.74) is -0.487. The van der Waals surface area contributed by atoms with Gasteiger partial charge in [0.2, 0.25) is 0 Å². The molecule has 0 atom stereocenters. The van der Waals surface area contributed by atoms with Gasteiger partial charge in [0, 0.05) is 25.2 Å². The molecular formula is C15H20F2N2O. The lowest BCUT2D eigenvalue weighted by atomic mass is 10.0. The van der Waals surface area contributed by atoms with Crippen molar-refractivity contribution in [3.05, 3.63) is 35.4 Å². The molecule has 0 aromatic heterocycles. The van der Waals surface area contributed by atoms with Crippen molar-refractivity contribution in [2.24, 2.45) is 0 Å². The molecule has 3 nitrogen and oxygen atoms in total. The van der Waals surface area contributed by atoms with Crippen LogP contribution in [0.15, 0.2) is 18.2 Å². The molecule has 20 heavy (non-hydrogen) atoms. The van der Waals surface area contributed by atoms with Gasteiger partial charge in [-0.1, -0.05) is 6.07 Å². The van der Waals surface area contributed by atoms with Gasteiger partial charge in [0.25, 0.3) is 5.91 Å². The fourth-order valence-corrected chi connectivity index (χ4v) is 2.53. The first-order valence-electron chi connectivity index (χ1n) is 6.98. The average Bonchev–Trinajstić information content (AvgIpc) is 2.39. The summed E-state index contributed by atoms with van der Waals surface area (Å²) in [5.74, 6) is -2.30. The Morgan fingerprint density at radius 3 is 2.30 bits per heavy atom. The Labute approximate surface area is 118 Å². The van der Waals surface area contributed by atoms with Gasteiger partial charge in [0.05, 0.1) is 0 Å². The standard InChI is InChI=1S/C15H20F2N2O/c1-10(2)19-8-6-11(7-9-19)18-15(20)14-12(16)4-3-5-13(14)17/h3-5,10-11H,6-9H2,1-2H3,(H,18,20). The Bertz CT molecular complexity index is 463. The van der Waals surface area contributed by atoms with Gasteiger partial charge in [-0.05, 0) is 38.8 Å². The fourth-order valence-electron chi connectivity index (χ4n) is 2.53. The fraction of sp³-hybridized carbons (Fsp3) is 0.533. The van der Waals surface area contributed by atoms with Gasteiger partial charge in [-0.2, -0.15) is 0 Å². The maximum Gasteiger partial charge on any atom is 0.257 e. The van der Waals surface area contributed by atoms with Crippen molar-refractivity contribution in [1.29, 1.82) is 0 Å². The molecule has 1 amide bonds. The molecule has 5 heteroatoms. The van der Waals surface area contributed by atoms with Crippen LogP contribution in [0.1, 0.15) is 37.0 Å². The molecule has 0 unspecified atom stereocenters. The number of carbonyl (C=O) groups is 1. The van der Waals surface area contributed by atoms with E-state index in [1.54, 1.807) is 0 Å². The Morgan fingerprint density at radius 1 is 1.25 bits per heavy atom. The van der Waals surface area contributed by atoms with Crippen LogP contribution in [0.2, 0.25) is 0 Å². The summed E-state index contributed by atoms with van der Waals surface area (Å²) in [6.45, 7) is 6.05. The third kappa shape index (κ3) is 3.33. The summed E-state index contributed by atoms with van der Waals surface area (Å²) < 4.78 is 27.0. The summed E-state index contributed by atoms with van der Waals surface area (Å²) in [7, 11) is 0. The highest BCUT2D eigenvalue weighted by molar-refractivity contribution is 5.94. The second-order valence-corrected chi connectivity index (χ2v) is 5.47. The molecule has 0 saturated carbocycles. The van der Waals surface area contributed by atoms with E-state index in [-0.39, 0.29) is 6.04 Å². The molecule has 1 aliphatic rings. The lowest BCUT2D eigenvalue weighted by molar-refractivity contribution is 0.0892. The minimum Gasteiger partial charge on any atom is -0.349 e. The summed E-state index contributed by atoms with van der Waals surface area (Å²) in [4.78, 5) is 14.3. The van der Waals surface area contributed by atoms with Crippen LogP contribution < -0.4 is 5.32 Å². The Morgan fingerprint density at radius 2 is 1.80 bits per heavy atom. The van der Waals surface area contributed by atoms with Crippen molar-refractivity contribution in [1.82, 2.24) is 10.2 Å². The first kappa shape index (κ1) is 14.9. The highest BCUT2D eigenvalue weighted by atomic mass is 19.1. The third-order valence-electron chi connectivity index (χ3n) is 3.78. The molecular weight excluding hydrogens is 262 g/mol. The van der Waals surface area contributed by atoms with E-state index in [4.69, 9.17) is 0 Å². The zero-order valence-corrected chi connectivity index (χ0v) is 11.8. The maximum atomic E-state index is 13.5. The number of carbonyl (C=O) groups excluding carboxylic acids is 1. The number of benzene rings is 1. The van der Waals surface area contributed by atoms with E-state index < -0.39 is 23.1 Å². The van der Waals surface area contributed by atoms with E-state index in [1.165, 1.54) is 6.07 Å². The van der Waals surface area contributed by atoms with Crippen LogP contribution in [0.3, 0.4) is 0 Å². The first-order valence-corrected chi connectivity index (χ1v) is 6.98. The van der Waals surface area contributed by atoms with Crippen LogP contribution in [0.5, 0.6) is 0 Å². The van der Waals surface area contributed by atoms with E-state index in [0.29, 0.717) is 6.04 Å². The van der Waals surface area contributed by atoms with Crippen molar-refractivity contribution >= 4 is 5.91 Å².